The average molecular weight is 294 g/mol. The summed E-state index contributed by atoms with van der Waals surface area (Å²) in [7, 11) is 0. The average Bonchev–Trinajstić information content (AvgIpc) is 2.45. The lowest BCUT2D eigenvalue weighted by molar-refractivity contribution is -0.157. The molecule has 1 aliphatic rings. The second-order valence-electron chi connectivity index (χ2n) is 4.54. The molecule has 0 aromatic carbocycles. The first-order valence-corrected chi connectivity index (χ1v) is 6.48. The minimum atomic E-state index is -1.15. The molecule has 0 amide bonds. The lowest BCUT2D eigenvalue weighted by Gasteiger charge is -2.25. The Morgan fingerprint density at radius 3 is 2.71 bits per heavy atom. The van der Waals surface area contributed by atoms with Crippen molar-refractivity contribution in [1.29, 1.82) is 0 Å². The topological polar surface area (TPSA) is 89.9 Å². The summed E-state index contributed by atoms with van der Waals surface area (Å²) in [6.07, 6.45) is 3.68. The van der Waals surface area contributed by atoms with Gasteiger partial charge in [0.1, 0.15) is 6.10 Å². The fourth-order valence-electron chi connectivity index (χ4n) is 1.44. The molecule has 21 heavy (non-hydrogen) atoms. The van der Waals surface area contributed by atoms with Crippen molar-refractivity contribution in [2.75, 3.05) is 0 Å². The van der Waals surface area contributed by atoms with Gasteiger partial charge >= 0.3 is 11.9 Å². The number of ketones is 1. The van der Waals surface area contributed by atoms with Crippen molar-refractivity contribution in [2.24, 2.45) is 0 Å². The van der Waals surface area contributed by atoms with Crippen LogP contribution in [0, 0.1) is 0 Å². The molecule has 0 bridgehead atoms. The van der Waals surface area contributed by atoms with E-state index in [2.05, 4.69) is 0 Å². The molecular weight excluding hydrogens is 276 g/mol. The molecular formula is C15H18O6. The largest absolute Gasteiger partial charge is 0.451 e. The van der Waals surface area contributed by atoms with E-state index >= 15 is 0 Å². The van der Waals surface area contributed by atoms with E-state index in [4.69, 9.17) is 14.6 Å². The van der Waals surface area contributed by atoms with Gasteiger partial charge in [-0.2, -0.15) is 0 Å². The highest BCUT2D eigenvalue weighted by molar-refractivity contribution is 5.93. The van der Waals surface area contributed by atoms with Crippen molar-refractivity contribution in [3.8, 4) is 0 Å². The molecule has 114 valence electrons. The van der Waals surface area contributed by atoms with Crippen LogP contribution in [0.5, 0.6) is 0 Å². The van der Waals surface area contributed by atoms with Crippen LogP contribution in [0.2, 0.25) is 0 Å². The van der Waals surface area contributed by atoms with Gasteiger partial charge in [-0.25, -0.2) is 9.59 Å². The van der Waals surface area contributed by atoms with Crippen molar-refractivity contribution in [3.63, 3.8) is 0 Å². The van der Waals surface area contributed by atoms with E-state index in [1.165, 1.54) is 19.1 Å². The third-order valence-corrected chi connectivity index (χ3v) is 2.86. The highest BCUT2D eigenvalue weighted by Crippen LogP contribution is 2.15. The second-order valence-corrected chi connectivity index (χ2v) is 4.54. The standard InChI is InChI=1S/C15H18O6/c1-4-9(2)15(19)21-13-7-8-14(18)20-12(13)6-5-11(17)10(3)16/h4-8,10,12-13,16H,1-3H3/b6-5-,9-4+/t10-,12+,13-/m0/s1. The molecule has 6 nitrogen and oxygen atoms in total. The third-order valence-electron chi connectivity index (χ3n) is 2.86. The Bertz CT molecular complexity index is 512. The van der Waals surface area contributed by atoms with E-state index in [0.29, 0.717) is 5.57 Å². The van der Waals surface area contributed by atoms with Crippen LogP contribution in [0.4, 0.5) is 0 Å². The number of carbonyl (C=O) groups is 3. The monoisotopic (exact) mass is 294 g/mol. The maximum Gasteiger partial charge on any atom is 0.334 e. The molecule has 6 heteroatoms. The van der Waals surface area contributed by atoms with E-state index in [1.54, 1.807) is 19.9 Å². The van der Waals surface area contributed by atoms with Crippen LogP contribution in [0.25, 0.3) is 0 Å². The minimum Gasteiger partial charge on any atom is -0.451 e. The van der Waals surface area contributed by atoms with Gasteiger partial charge in [0.25, 0.3) is 0 Å². The summed E-state index contributed by atoms with van der Waals surface area (Å²) >= 11 is 0. The van der Waals surface area contributed by atoms with Gasteiger partial charge in [0.15, 0.2) is 18.0 Å². The molecule has 1 aliphatic heterocycles. The van der Waals surface area contributed by atoms with Crippen LogP contribution in [-0.2, 0) is 23.9 Å². The van der Waals surface area contributed by atoms with Crippen molar-refractivity contribution < 1.29 is 29.0 Å². The number of carbonyl (C=O) groups excluding carboxylic acids is 3. The lowest BCUT2D eigenvalue weighted by Crippen LogP contribution is -2.35. The van der Waals surface area contributed by atoms with Crippen molar-refractivity contribution in [3.05, 3.63) is 36.0 Å². The quantitative estimate of drug-likeness (QED) is 0.597. The second kappa shape index (κ2) is 7.54. The lowest BCUT2D eigenvalue weighted by atomic mass is 10.1. The van der Waals surface area contributed by atoms with Crippen LogP contribution < -0.4 is 0 Å². The number of esters is 2. The number of ether oxygens (including phenoxy) is 2. The van der Waals surface area contributed by atoms with E-state index in [0.717, 1.165) is 12.2 Å². The van der Waals surface area contributed by atoms with E-state index in [-0.39, 0.29) is 0 Å². The summed E-state index contributed by atoms with van der Waals surface area (Å²) < 4.78 is 10.2. The first kappa shape index (κ1) is 16.8. The summed E-state index contributed by atoms with van der Waals surface area (Å²) in [5, 5.41) is 9.10. The van der Waals surface area contributed by atoms with Gasteiger partial charge in [-0.3, -0.25) is 4.79 Å². The molecule has 0 saturated heterocycles. The van der Waals surface area contributed by atoms with Crippen molar-refractivity contribution in [2.45, 2.75) is 39.1 Å². The van der Waals surface area contributed by atoms with Crippen LogP contribution in [0.15, 0.2) is 36.0 Å². The maximum atomic E-state index is 11.7. The minimum absolute atomic E-state index is 0.420. The Morgan fingerprint density at radius 2 is 2.14 bits per heavy atom. The summed E-state index contributed by atoms with van der Waals surface area (Å²) in [4.78, 5) is 34.3. The van der Waals surface area contributed by atoms with Crippen molar-refractivity contribution in [1.82, 2.24) is 0 Å². The maximum absolute atomic E-state index is 11.7. The molecule has 0 aromatic rings. The molecule has 0 saturated carbocycles. The first-order valence-electron chi connectivity index (χ1n) is 6.48. The fourth-order valence-corrected chi connectivity index (χ4v) is 1.44. The molecule has 1 N–H and O–H groups in total. The SMILES string of the molecule is C/C=C(\C)C(=O)O[C@H]1C=CC(=O)O[C@@H]1/C=C\C(=O)[C@H](C)O. The molecule has 1 rings (SSSR count). The number of aliphatic hydroxyl groups is 1. The summed E-state index contributed by atoms with van der Waals surface area (Å²) in [6, 6.07) is 0. The molecule has 1 heterocycles. The Kier molecular flexibility index (Phi) is 6.05. The predicted octanol–water partition coefficient (Wildman–Crippen LogP) is 0.852. The zero-order chi connectivity index (χ0) is 16.0. The number of hydrogen-bond acceptors (Lipinski definition) is 6. The van der Waals surface area contributed by atoms with Crippen LogP contribution in [0.3, 0.4) is 0 Å². The molecule has 0 radical (unpaired) electrons. The van der Waals surface area contributed by atoms with Crippen LogP contribution in [0.1, 0.15) is 20.8 Å². The normalized spacial score (nSPS) is 23.8. The van der Waals surface area contributed by atoms with E-state index in [1.807, 2.05) is 0 Å². The summed E-state index contributed by atoms with van der Waals surface area (Å²) in [5.74, 6) is -1.66. The highest BCUT2D eigenvalue weighted by Gasteiger charge is 2.28. The molecule has 0 unspecified atom stereocenters. The first-order chi connectivity index (χ1) is 9.85. The van der Waals surface area contributed by atoms with Crippen molar-refractivity contribution >= 4 is 17.7 Å². The van der Waals surface area contributed by atoms with Gasteiger partial charge in [0.2, 0.25) is 0 Å². The number of hydrogen-bond donors (Lipinski definition) is 1. The molecule has 0 fully saturated rings. The van der Waals surface area contributed by atoms with Gasteiger partial charge in [-0.15, -0.1) is 0 Å². The Labute approximate surface area is 122 Å². The van der Waals surface area contributed by atoms with E-state index < -0.39 is 36.0 Å². The van der Waals surface area contributed by atoms with E-state index in [9.17, 15) is 14.4 Å². The Morgan fingerprint density at radius 1 is 1.48 bits per heavy atom. The molecule has 0 aromatic heterocycles. The Hall–Kier alpha value is -2.21. The molecule has 3 atom stereocenters. The van der Waals surface area contributed by atoms with Gasteiger partial charge in [-0.05, 0) is 39.0 Å². The fraction of sp³-hybridized carbons (Fsp3) is 0.400. The van der Waals surface area contributed by atoms with Crippen LogP contribution in [-0.4, -0.2) is 41.1 Å². The van der Waals surface area contributed by atoms with Gasteiger partial charge in [0, 0.05) is 11.6 Å². The number of rotatable bonds is 5. The smallest absolute Gasteiger partial charge is 0.334 e. The van der Waals surface area contributed by atoms with Gasteiger partial charge < -0.3 is 14.6 Å². The zero-order valence-corrected chi connectivity index (χ0v) is 12.1. The number of cyclic esters (lactones) is 1. The Balaban J connectivity index is 2.83. The van der Waals surface area contributed by atoms with Gasteiger partial charge in [0.05, 0.1) is 0 Å². The highest BCUT2D eigenvalue weighted by atomic mass is 16.6. The van der Waals surface area contributed by atoms with Crippen LogP contribution >= 0.6 is 0 Å². The molecule has 0 spiro atoms. The number of aliphatic hydroxyl groups excluding tert-OH is 1. The van der Waals surface area contributed by atoms with Gasteiger partial charge in [-0.1, -0.05) is 6.08 Å². The zero-order valence-electron chi connectivity index (χ0n) is 12.1. The third kappa shape index (κ3) is 5.00. The predicted molar refractivity (Wildman–Crippen MR) is 74.2 cm³/mol. The molecule has 0 aliphatic carbocycles. The summed E-state index contributed by atoms with van der Waals surface area (Å²) in [5.41, 5.74) is 0.420. The summed E-state index contributed by atoms with van der Waals surface area (Å²) in [6.45, 7) is 4.63. The number of allylic oxidation sites excluding steroid dienone is 1.